The summed E-state index contributed by atoms with van der Waals surface area (Å²) in [6.07, 6.45) is 0. The van der Waals surface area contributed by atoms with Crippen molar-refractivity contribution in [3.05, 3.63) is 35.4 Å². The molecule has 15 heavy (non-hydrogen) atoms. The van der Waals surface area contributed by atoms with Crippen LogP contribution in [0.1, 0.15) is 41.5 Å². The Balaban J connectivity index is 0.000000921. The van der Waals surface area contributed by atoms with Gasteiger partial charge in [0.05, 0.1) is 12.7 Å². The molecule has 0 fully saturated rings. The molecule has 0 spiro atoms. The molecule has 0 heterocycles. The molecule has 0 atom stereocenters. The summed E-state index contributed by atoms with van der Waals surface area (Å²) in [6.45, 7) is 5.42. The van der Waals surface area contributed by atoms with Crippen LogP contribution in [0.3, 0.4) is 0 Å². The maximum absolute atomic E-state index is 11.2. The van der Waals surface area contributed by atoms with E-state index in [1.165, 1.54) is 14.0 Å². The van der Waals surface area contributed by atoms with Gasteiger partial charge in [0.25, 0.3) is 0 Å². The molecule has 0 amide bonds. The smallest absolute Gasteiger partial charge is 0.338 e. The van der Waals surface area contributed by atoms with Crippen molar-refractivity contribution >= 4 is 11.8 Å². The minimum atomic E-state index is -0.481. The second kappa shape index (κ2) is 6.76. The van der Waals surface area contributed by atoms with Crippen molar-refractivity contribution in [2.45, 2.75) is 20.8 Å². The SMILES string of the molecule is CC.COC(=O)c1ccccc1C(C)=O. The van der Waals surface area contributed by atoms with Crippen LogP contribution in [-0.2, 0) is 4.74 Å². The van der Waals surface area contributed by atoms with Crippen LogP contribution < -0.4 is 0 Å². The van der Waals surface area contributed by atoms with Gasteiger partial charge in [-0.05, 0) is 13.0 Å². The lowest BCUT2D eigenvalue weighted by molar-refractivity contribution is 0.0597. The van der Waals surface area contributed by atoms with Gasteiger partial charge in [-0.25, -0.2) is 4.79 Å². The van der Waals surface area contributed by atoms with Gasteiger partial charge < -0.3 is 4.74 Å². The first-order valence-electron chi connectivity index (χ1n) is 4.85. The molecule has 0 N–H and O–H groups in total. The lowest BCUT2D eigenvalue weighted by atomic mass is 10.0. The van der Waals surface area contributed by atoms with E-state index in [2.05, 4.69) is 4.74 Å². The summed E-state index contributed by atoms with van der Waals surface area (Å²) >= 11 is 0. The van der Waals surface area contributed by atoms with Crippen LogP contribution in [0.4, 0.5) is 0 Å². The van der Waals surface area contributed by atoms with Crippen LogP contribution in [0.5, 0.6) is 0 Å². The van der Waals surface area contributed by atoms with E-state index >= 15 is 0 Å². The summed E-state index contributed by atoms with van der Waals surface area (Å²) in [5, 5.41) is 0. The lowest BCUT2D eigenvalue weighted by Gasteiger charge is -2.03. The number of ether oxygens (including phenoxy) is 1. The van der Waals surface area contributed by atoms with Crippen LogP contribution in [0.2, 0.25) is 0 Å². The van der Waals surface area contributed by atoms with E-state index in [9.17, 15) is 9.59 Å². The molecule has 3 nitrogen and oxygen atoms in total. The number of methoxy groups -OCH3 is 1. The van der Waals surface area contributed by atoms with Crippen molar-refractivity contribution in [2.24, 2.45) is 0 Å². The summed E-state index contributed by atoms with van der Waals surface area (Å²) < 4.78 is 4.54. The van der Waals surface area contributed by atoms with E-state index in [0.29, 0.717) is 11.1 Å². The van der Waals surface area contributed by atoms with Crippen LogP contribution in [0, 0.1) is 0 Å². The van der Waals surface area contributed by atoms with Crippen molar-refractivity contribution in [1.82, 2.24) is 0 Å². The van der Waals surface area contributed by atoms with Crippen LogP contribution >= 0.6 is 0 Å². The third-order valence-corrected chi connectivity index (χ3v) is 1.71. The summed E-state index contributed by atoms with van der Waals surface area (Å²) in [4.78, 5) is 22.2. The summed E-state index contributed by atoms with van der Waals surface area (Å²) in [7, 11) is 1.29. The van der Waals surface area contributed by atoms with E-state index in [4.69, 9.17) is 0 Å². The Kier molecular flexibility index (Phi) is 6.02. The Bertz CT molecular complexity index is 342. The Morgan fingerprint density at radius 1 is 1.07 bits per heavy atom. The standard InChI is InChI=1S/C10H10O3.C2H6/c1-7(11)8-5-3-4-6-9(8)10(12)13-2;1-2/h3-6H,1-2H3;1-2H3. The topological polar surface area (TPSA) is 43.4 Å². The highest BCUT2D eigenvalue weighted by Crippen LogP contribution is 2.10. The number of hydrogen-bond acceptors (Lipinski definition) is 3. The van der Waals surface area contributed by atoms with Crippen molar-refractivity contribution in [1.29, 1.82) is 0 Å². The predicted molar refractivity (Wildman–Crippen MR) is 59.1 cm³/mol. The first kappa shape index (κ1) is 13.4. The third-order valence-electron chi connectivity index (χ3n) is 1.71. The maximum Gasteiger partial charge on any atom is 0.338 e. The minimum Gasteiger partial charge on any atom is -0.465 e. The van der Waals surface area contributed by atoms with E-state index < -0.39 is 5.97 Å². The van der Waals surface area contributed by atoms with Gasteiger partial charge in [-0.2, -0.15) is 0 Å². The number of benzene rings is 1. The zero-order chi connectivity index (χ0) is 11.8. The highest BCUT2D eigenvalue weighted by molar-refractivity contribution is 6.05. The molecule has 82 valence electrons. The molecular weight excluding hydrogens is 192 g/mol. The molecule has 1 rings (SSSR count). The fraction of sp³-hybridized carbons (Fsp3) is 0.333. The number of rotatable bonds is 2. The van der Waals surface area contributed by atoms with Crippen LogP contribution in [0.25, 0.3) is 0 Å². The van der Waals surface area contributed by atoms with Crippen molar-refractivity contribution < 1.29 is 14.3 Å². The van der Waals surface area contributed by atoms with Crippen molar-refractivity contribution in [3.8, 4) is 0 Å². The van der Waals surface area contributed by atoms with Crippen molar-refractivity contribution in [2.75, 3.05) is 7.11 Å². The number of esters is 1. The zero-order valence-corrected chi connectivity index (χ0v) is 9.53. The van der Waals surface area contributed by atoms with E-state index in [1.807, 2.05) is 13.8 Å². The Morgan fingerprint density at radius 2 is 1.53 bits per heavy atom. The lowest BCUT2D eigenvalue weighted by Crippen LogP contribution is -2.07. The van der Waals surface area contributed by atoms with Gasteiger partial charge in [-0.3, -0.25) is 4.79 Å². The second-order valence-corrected chi connectivity index (χ2v) is 2.59. The largest absolute Gasteiger partial charge is 0.465 e. The molecule has 0 aliphatic carbocycles. The second-order valence-electron chi connectivity index (χ2n) is 2.59. The van der Waals surface area contributed by atoms with E-state index in [0.717, 1.165) is 0 Å². The van der Waals surface area contributed by atoms with Crippen LogP contribution in [0.15, 0.2) is 24.3 Å². The highest BCUT2D eigenvalue weighted by Gasteiger charge is 2.13. The molecule has 0 aromatic heterocycles. The number of Topliss-reactive ketones (excluding diaryl/α,β-unsaturated/α-hetero) is 1. The van der Waals surface area contributed by atoms with E-state index in [1.54, 1.807) is 24.3 Å². The van der Waals surface area contributed by atoms with Gasteiger partial charge in [0.2, 0.25) is 0 Å². The van der Waals surface area contributed by atoms with E-state index in [-0.39, 0.29) is 5.78 Å². The van der Waals surface area contributed by atoms with Gasteiger partial charge >= 0.3 is 5.97 Å². The molecule has 0 aliphatic rings. The molecule has 0 unspecified atom stereocenters. The highest BCUT2D eigenvalue weighted by atomic mass is 16.5. The third kappa shape index (κ3) is 3.54. The maximum atomic E-state index is 11.2. The van der Waals surface area contributed by atoms with Crippen molar-refractivity contribution in [3.63, 3.8) is 0 Å². The first-order valence-corrected chi connectivity index (χ1v) is 4.85. The van der Waals surface area contributed by atoms with Gasteiger partial charge in [-0.15, -0.1) is 0 Å². The van der Waals surface area contributed by atoms with Crippen LogP contribution in [-0.4, -0.2) is 18.9 Å². The molecule has 0 radical (unpaired) electrons. The molecule has 0 bridgehead atoms. The molecule has 0 saturated carbocycles. The Morgan fingerprint density at radius 3 is 1.93 bits per heavy atom. The normalized spacial score (nSPS) is 8.53. The molecular formula is C12H16O3. The summed E-state index contributed by atoms with van der Waals surface area (Å²) in [6, 6.07) is 6.58. The fourth-order valence-electron chi connectivity index (χ4n) is 1.08. The first-order chi connectivity index (χ1) is 7.16. The fourth-order valence-corrected chi connectivity index (χ4v) is 1.08. The molecule has 1 aromatic rings. The van der Waals surface area contributed by atoms with Gasteiger partial charge in [0.15, 0.2) is 5.78 Å². The molecule has 3 heteroatoms. The zero-order valence-electron chi connectivity index (χ0n) is 9.53. The Hall–Kier alpha value is -1.64. The monoisotopic (exact) mass is 208 g/mol. The van der Waals surface area contributed by atoms with Gasteiger partial charge in [-0.1, -0.05) is 32.0 Å². The summed E-state index contributed by atoms with van der Waals surface area (Å²) in [5.74, 6) is -0.619. The molecule has 0 saturated heterocycles. The number of ketones is 1. The number of carbonyl (C=O) groups is 2. The average Bonchev–Trinajstić information content (AvgIpc) is 2.30. The minimum absolute atomic E-state index is 0.138. The van der Waals surface area contributed by atoms with Gasteiger partial charge in [0.1, 0.15) is 0 Å². The quantitative estimate of drug-likeness (QED) is 0.554. The Labute approximate surface area is 90.1 Å². The summed E-state index contributed by atoms with van der Waals surface area (Å²) in [5.41, 5.74) is 0.715. The number of carbonyl (C=O) groups excluding carboxylic acids is 2. The predicted octanol–water partition coefficient (Wildman–Crippen LogP) is 2.70. The molecule has 1 aromatic carbocycles. The van der Waals surface area contributed by atoms with Gasteiger partial charge in [0, 0.05) is 5.56 Å². The molecule has 0 aliphatic heterocycles. The average molecular weight is 208 g/mol. The number of hydrogen-bond donors (Lipinski definition) is 0.